The standard InChI is InChI=1S/C41H69N3O11.C12H18N2O2.C12H20N2O.C6H11BrO2.CH2O3.B2.Na.H2/c1-37(2,3)51-32(46)24-42(20-21-43(25-33(47)52-38(4,5)6)26-34(48)53-39(7,8)9)23-30(22-29-16-18-31(45)19-17-29)44(27-35(49)54-40(10,11)12)28-36(50)55-41(13,14)15;13-7-1-2-12(16)11(14)8-9-3-5-10(15)6-4-9;13-8-2-1-3-11(14)9-10-4-6-12(15)7-5-10;1-6(2,3)9-5(8)4-7;2-1-4-3;1-2;;/h16-19,30,45H,20-28H2,1-15H3;3-6,11,15H,1-2,7-8,13-14H2;4-7,11,15H,1-3,8-9,13-14H2;4H2,1-3H3;1,3H;;;1H/q;;;;;;+1;/p-1. The Morgan fingerprint density at radius 2 is 0.784 bits per heavy atom. The first-order valence-corrected chi connectivity index (χ1v) is 34.5. The molecule has 0 aliphatic heterocycles. The third kappa shape index (κ3) is 61.8. The number of carbonyl (C=O) groups is 8. The smallest absolute Gasteiger partial charge is 0.662 e. The number of rotatable bonds is 32. The van der Waals surface area contributed by atoms with Crippen LogP contribution in [0.1, 0.15) is 175 Å². The number of Topliss-reactive ketones (excluding diaryl/α,β-unsaturated/α-hetero) is 1. The number of hydrogen-bond acceptors (Lipinski definition) is 26. The van der Waals surface area contributed by atoms with E-state index in [1.165, 1.54) is 5.56 Å². The Morgan fingerprint density at radius 1 is 0.490 bits per heavy atom. The molecule has 3 rings (SSSR count). The number of alkyl halides is 1. The van der Waals surface area contributed by atoms with Crippen LogP contribution in [0.25, 0.3) is 0 Å². The van der Waals surface area contributed by atoms with Crippen LogP contribution in [0.15, 0.2) is 72.8 Å². The minimum absolute atomic E-state index is 0. The Balaban J connectivity index is -0.000000531. The first-order chi connectivity index (χ1) is 46.5. The molecule has 0 aliphatic rings. The van der Waals surface area contributed by atoms with Gasteiger partial charge in [0.2, 0.25) is 0 Å². The Labute approximate surface area is 641 Å². The summed E-state index contributed by atoms with van der Waals surface area (Å²) in [4.78, 5) is 104. The van der Waals surface area contributed by atoms with Crippen molar-refractivity contribution >= 4 is 79.5 Å². The van der Waals surface area contributed by atoms with Gasteiger partial charge in [-0.15, -0.1) is 0 Å². The molecule has 11 N–H and O–H groups in total. The molecule has 102 heavy (non-hydrogen) atoms. The fourth-order valence-corrected chi connectivity index (χ4v) is 8.84. The van der Waals surface area contributed by atoms with E-state index in [2.05, 4.69) is 36.3 Å². The van der Waals surface area contributed by atoms with Gasteiger partial charge in [-0.1, -0.05) is 58.7 Å². The maximum Gasteiger partial charge on any atom is 1.00 e. The number of aromatic hydroxyl groups is 3. The molecule has 0 saturated heterocycles. The molecule has 3 aromatic rings. The first kappa shape index (κ1) is 103. The van der Waals surface area contributed by atoms with Crippen LogP contribution in [-0.4, -0.2) is 216 Å². The Bertz CT molecular complexity index is 2780. The van der Waals surface area contributed by atoms with Crippen LogP contribution in [-0.2, 0) is 90.9 Å². The van der Waals surface area contributed by atoms with E-state index in [1.54, 1.807) is 179 Å². The van der Waals surface area contributed by atoms with Crippen molar-refractivity contribution < 1.29 is 123 Å². The predicted octanol–water partition coefficient (Wildman–Crippen LogP) is 3.52. The number of hydrogen-bond donors (Lipinski definition) is 7. The fourth-order valence-electron chi connectivity index (χ4n) is 8.72. The SMILES string of the molecule is CC(C)(C)OC(=O)CBr.CC(C)(C)OC(=O)CN(CCN(CC(=O)OC(C)(C)C)CC(Cc1ccc(O)cc1)N(CC(=O)OC(C)(C)C)CC(=O)OC(C)(C)C)CC(=O)OC(C)(C)C.NCCCC(=O)C(N)Cc1ccc(O)cc1.NCCCCC(N)Cc1ccc(O)cc1.O=CO[O-].[B][B].[HH].[Na+]. The summed E-state index contributed by atoms with van der Waals surface area (Å²) < 4.78 is 33.0. The molecule has 30 heteroatoms. The average molecular weight is 1510 g/mol. The number of carbonyl (C=O) groups excluding carboxylic acids is 8. The van der Waals surface area contributed by atoms with Crippen molar-refractivity contribution in [1.29, 1.82) is 0 Å². The number of benzene rings is 3. The van der Waals surface area contributed by atoms with E-state index in [4.69, 9.17) is 71.6 Å². The topological polar surface area (TPSA) is 399 Å². The molecule has 572 valence electrons. The molecule has 3 aromatic carbocycles. The fraction of sp³-hybridized carbons (Fsp3) is 0.639. The van der Waals surface area contributed by atoms with Gasteiger partial charge in [-0.2, -0.15) is 0 Å². The van der Waals surface area contributed by atoms with Gasteiger partial charge in [0.15, 0.2) is 0 Å². The second kappa shape index (κ2) is 53.1. The molecular weight excluding hydrogens is 1390 g/mol. The van der Waals surface area contributed by atoms with E-state index in [0.29, 0.717) is 31.6 Å². The van der Waals surface area contributed by atoms with E-state index < -0.39 is 69.9 Å². The van der Waals surface area contributed by atoms with Gasteiger partial charge in [-0.25, -0.2) is 0 Å². The molecule has 0 aliphatic carbocycles. The number of unbranched alkanes of at least 4 members (excludes halogenated alkanes) is 1. The zero-order valence-corrected chi connectivity index (χ0v) is 67.8. The minimum Gasteiger partial charge on any atom is -0.662 e. The molecule has 0 fully saturated rings. The first-order valence-electron chi connectivity index (χ1n) is 33.4. The number of phenolic OH excluding ortho intramolecular Hbond substituents is 3. The van der Waals surface area contributed by atoms with Crippen LogP contribution >= 0.6 is 15.9 Å². The number of esters is 6. The summed E-state index contributed by atoms with van der Waals surface area (Å²) in [7, 11) is 8.00. The van der Waals surface area contributed by atoms with Crippen LogP contribution in [0.5, 0.6) is 17.2 Å². The van der Waals surface area contributed by atoms with Crippen molar-refractivity contribution in [3.8, 4) is 17.2 Å². The van der Waals surface area contributed by atoms with Crippen LogP contribution in [0.3, 0.4) is 0 Å². The van der Waals surface area contributed by atoms with Gasteiger partial charge in [-0.05, 0) is 229 Å². The number of ketones is 1. The second-order valence-electron chi connectivity index (χ2n) is 29.5. The number of phenols is 3. The van der Waals surface area contributed by atoms with Crippen LogP contribution in [0, 0.1) is 0 Å². The monoisotopic (exact) mass is 1510 g/mol. The quantitative estimate of drug-likeness (QED) is 0.00687. The maximum absolute atomic E-state index is 13.4. The normalized spacial score (nSPS) is 12.3. The molecular formula is C72H121B2BrN7NaO19. The van der Waals surface area contributed by atoms with Crippen LogP contribution in [0.4, 0.5) is 0 Å². The van der Waals surface area contributed by atoms with Gasteiger partial charge in [-0.3, -0.25) is 53.1 Å². The molecule has 0 spiro atoms. The van der Waals surface area contributed by atoms with E-state index in [-0.39, 0.29) is 136 Å². The largest absolute Gasteiger partial charge is 1.00 e. The number of halogens is 1. The summed E-state index contributed by atoms with van der Waals surface area (Å²) in [6.07, 6.45) is 5.93. The molecule has 3 atom stereocenters. The molecule has 4 radical (unpaired) electrons. The summed E-state index contributed by atoms with van der Waals surface area (Å²) in [5, 5.41) is 36.9. The van der Waals surface area contributed by atoms with E-state index in [1.807, 2.05) is 32.9 Å². The average Bonchev–Trinajstić information content (AvgIpc) is 0.845. The van der Waals surface area contributed by atoms with Crippen molar-refractivity contribution in [1.82, 2.24) is 14.7 Å². The molecule has 0 aromatic heterocycles. The van der Waals surface area contributed by atoms with Gasteiger partial charge in [0.05, 0.1) is 38.8 Å². The van der Waals surface area contributed by atoms with Gasteiger partial charge in [0.25, 0.3) is 6.47 Å². The molecule has 0 saturated carbocycles. The number of nitrogens with two attached hydrogens (primary N) is 4. The number of ether oxygens (including phenoxy) is 6. The minimum atomic E-state index is -0.796. The molecule has 0 amide bonds. The van der Waals surface area contributed by atoms with Crippen molar-refractivity contribution in [3.05, 3.63) is 89.5 Å². The van der Waals surface area contributed by atoms with Crippen molar-refractivity contribution in [2.24, 2.45) is 22.9 Å². The third-order valence-electron chi connectivity index (χ3n) is 12.4. The van der Waals surface area contributed by atoms with Gasteiger partial charge in [0.1, 0.15) is 62.0 Å². The van der Waals surface area contributed by atoms with Crippen LogP contribution < -0.4 is 57.7 Å². The van der Waals surface area contributed by atoms with Crippen molar-refractivity contribution in [3.63, 3.8) is 0 Å². The summed E-state index contributed by atoms with van der Waals surface area (Å²) in [5.41, 5.74) is 21.2. The molecule has 0 bridgehead atoms. The Morgan fingerprint density at radius 3 is 1.09 bits per heavy atom. The van der Waals surface area contributed by atoms with Crippen molar-refractivity contribution in [2.75, 3.05) is 70.8 Å². The maximum atomic E-state index is 13.4. The Hall–Kier alpha value is -5.69. The van der Waals surface area contributed by atoms with Gasteiger partial charge >= 0.3 is 65.4 Å². The predicted molar refractivity (Wildman–Crippen MR) is 395 cm³/mol. The second-order valence-corrected chi connectivity index (χ2v) is 30.0. The summed E-state index contributed by atoms with van der Waals surface area (Å²) >= 11 is 2.99. The molecule has 26 nitrogen and oxygen atoms in total. The van der Waals surface area contributed by atoms with Gasteiger partial charge in [0, 0.05) is 55.0 Å². The van der Waals surface area contributed by atoms with Crippen molar-refractivity contribution in [2.45, 2.75) is 228 Å². The molecule has 0 heterocycles. The summed E-state index contributed by atoms with van der Waals surface area (Å²) in [6, 6.07) is 19.6. The van der Waals surface area contributed by atoms with Gasteiger partial charge < -0.3 is 76.8 Å². The Kier molecular flexibility index (Phi) is 53.5. The van der Waals surface area contributed by atoms with E-state index >= 15 is 0 Å². The summed E-state index contributed by atoms with van der Waals surface area (Å²) in [6.45, 7) is 32.1. The number of nitrogens with zero attached hydrogens (tertiary/aromatic N) is 3. The summed E-state index contributed by atoms with van der Waals surface area (Å²) in [5.74, 6) is -2.32. The zero-order valence-electron chi connectivity index (χ0n) is 64.2. The zero-order chi connectivity index (χ0) is 78.5. The van der Waals surface area contributed by atoms with E-state index in [0.717, 1.165) is 43.4 Å². The third-order valence-corrected chi connectivity index (χ3v) is 12.9. The van der Waals surface area contributed by atoms with E-state index in [9.17, 15) is 38.7 Å². The molecule has 3 unspecified atom stereocenters. The van der Waals surface area contributed by atoms with Crippen LogP contribution in [0.2, 0.25) is 0 Å².